The van der Waals surface area contributed by atoms with E-state index in [4.69, 9.17) is 4.74 Å². The molecule has 0 saturated carbocycles. The highest BCUT2D eigenvalue weighted by Crippen LogP contribution is 2.19. The van der Waals surface area contributed by atoms with Crippen LogP contribution in [0.15, 0.2) is 65.6 Å². The summed E-state index contributed by atoms with van der Waals surface area (Å²) in [5.74, 6) is -0.533. The lowest BCUT2D eigenvalue weighted by atomic mass is 10.2. The summed E-state index contributed by atoms with van der Waals surface area (Å²) in [4.78, 5) is 29.4. The minimum absolute atomic E-state index is 0.131. The first kappa shape index (κ1) is 16.1. The van der Waals surface area contributed by atoms with Crippen LogP contribution in [0.2, 0.25) is 0 Å². The molecular formula is C20H17N3O3. The molecule has 0 spiro atoms. The largest absolute Gasteiger partial charge is 0.461 e. The molecule has 0 atom stereocenters. The minimum atomic E-state index is -0.533. The van der Waals surface area contributed by atoms with E-state index in [9.17, 15) is 9.59 Å². The van der Waals surface area contributed by atoms with Crippen molar-refractivity contribution in [3.05, 3.63) is 82.5 Å². The van der Waals surface area contributed by atoms with Gasteiger partial charge in [-0.1, -0.05) is 42.5 Å². The number of esters is 1. The van der Waals surface area contributed by atoms with Gasteiger partial charge in [0.25, 0.3) is 0 Å². The maximum atomic E-state index is 13.1. The van der Waals surface area contributed by atoms with Crippen molar-refractivity contribution in [3.63, 3.8) is 0 Å². The number of fused-ring (bicyclic) bond motifs is 3. The molecule has 0 aliphatic rings. The van der Waals surface area contributed by atoms with Crippen molar-refractivity contribution < 1.29 is 9.53 Å². The third-order valence-corrected chi connectivity index (χ3v) is 4.25. The quantitative estimate of drug-likeness (QED) is 0.533. The number of hydrogen-bond donors (Lipinski definition) is 0. The fourth-order valence-electron chi connectivity index (χ4n) is 3.07. The number of aromatic nitrogens is 3. The Balaban J connectivity index is 1.97. The molecule has 0 aliphatic heterocycles. The Hall–Kier alpha value is -3.41. The van der Waals surface area contributed by atoms with Gasteiger partial charge in [0, 0.05) is 11.6 Å². The number of hydrogen-bond acceptors (Lipinski definition) is 4. The normalized spacial score (nSPS) is 11.1. The van der Waals surface area contributed by atoms with Crippen molar-refractivity contribution in [2.75, 3.05) is 6.61 Å². The first-order valence-corrected chi connectivity index (χ1v) is 8.40. The maximum Gasteiger partial charge on any atom is 0.358 e. The van der Waals surface area contributed by atoms with Gasteiger partial charge >= 0.3 is 11.7 Å². The van der Waals surface area contributed by atoms with Gasteiger partial charge in [0.1, 0.15) is 0 Å². The van der Waals surface area contributed by atoms with Crippen LogP contribution >= 0.6 is 0 Å². The van der Waals surface area contributed by atoms with Crippen LogP contribution in [0.5, 0.6) is 0 Å². The predicted molar refractivity (Wildman–Crippen MR) is 98.5 cm³/mol. The fraction of sp³-hybridized carbons (Fsp3) is 0.150. The summed E-state index contributed by atoms with van der Waals surface area (Å²) in [6.07, 6.45) is 1.45. The Kier molecular flexibility index (Phi) is 4.01. The summed E-state index contributed by atoms with van der Waals surface area (Å²) in [6, 6.07) is 17.3. The van der Waals surface area contributed by atoms with Gasteiger partial charge in [0.15, 0.2) is 11.3 Å². The summed E-state index contributed by atoms with van der Waals surface area (Å²) in [6.45, 7) is 2.42. The van der Waals surface area contributed by atoms with Crippen LogP contribution in [0.1, 0.15) is 23.0 Å². The van der Waals surface area contributed by atoms with Crippen LogP contribution < -0.4 is 5.69 Å². The lowest BCUT2D eigenvalue weighted by Crippen LogP contribution is -2.27. The number of carbonyl (C=O) groups is 1. The Bertz CT molecular complexity index is 1160. The van der Waals surface area contributed by atoms with E-state index in [0.717, 1.165) is 16.5 Å². The van der Waals surface area contributed by atoms with Crippen molar-refractivity contribution in [2.24, 2.45) is 0 Å². The van der Waals surface area contributed by atoms with E-state index < -0.39 is 5.97 Å². The standard InChI is InChI=1S/C20H17N3O3/c1-2-26-19(24)16-13-23-18(21-16)15-10-6-7-11-17(15)22(20(23)25)12-14-8-4-3-5-9-14/h3-11,13H,2,12H2,1H3. The molecule has 6 heteroatoms. The monoisotopic (exact) mass is 347 g/mol. The van der Waals surface area contributed by atoms with E-state index in [1.54, 1.807) is 11.5 Å². The van der Waals surface area contributed by atoms with Gasteiger partial charge in [-0.25, -0.2) is 19.0 Å². The average Bonchev–Trinajstić information content (AvgIpc) is 3.12. The number of para-hydroxylation sites is 1. The smallest absolute Gasteiger partial charge is 0.358 e. The molecular weight excluding hydrogens is 330 g/mol. The van der Waals surface area contributed by atoms with Crippen LogP contribution in [0.4, 0.5) is 0 Å². The summed E-state index contributed by atoms with van der Waals surface area (Å²) in [7, 11) is 0. The van der Waals surface area contributed by atoms with E-state index in [2.05, 4.69) is 4.98 Å². The van der Waals surface area contributed by atoms with Crippen molar-refractivity contribution >= 4 is 22.5 Å². The average molecular weight is 347 g/mol. The third kappa shape index (κ3) is 2.65. The second-order valence-corrected chi connectivity index (χ2v) is 5.91. The molecule has 0 bridgehead atoms. The molecule has 0 aliphatic carbocycles. The Morgan fingerprint density at radius 1 is 1.08 bits per heavy atom. The van der Waals surface area contributed by atoms with E-state index in [0.29, 0.717) is 12.2 Å². The zero-order valence-electron chi connectivity index (χ0n) is 14.3. The molecule has 26 heavy (non-hydrogen) atoms. The Morgan fingerprint density at radius 2 is 1.81 bits per heavy atom. The zero-order chi connectivity index (χ0) is 18.1. The second kappa shape index (κ2) is 6.48. The lowest BCUT2D eigenvalue weighted by molar-refractivity contribution is 0.0520. The molecule has 2 aromatic carbocycles. The highest BCUT2D eigenvalue weighted by molar-refractivity contribution is 5.94. The SMILES string of the molecule is CCOC(=O)c1cn2c(=O)n(Cc3ccccc3)c3ccccc3c2n1. The minimum Gasteiger partial charge on any atom is -0.461 e. The van der Waals surface area contributed by atoms with Crippen LogP contribution in [0.3, 0.4) is 0 Å². The Labute approximate surface area is 149 Å². The molecule has 6 nitrogen and oxygen atoms in total. The van der Waals surface area contributed by atoms with Crippen molar-refractivity contribution in [3.8, 4) is 0 Å². The van der Waals surface area contributed by atoms with Crippen molar-refractivity contribution in [1.82, 2.24) is 14.0 Å². The summed E-state index contributed by atoms with van der Waals surface area (Å²) in [5.41, 5.74) is 2.13. The lowest BCUT2D eigenvalue weighted by Gasteiger charge is -2.11. The van der Waals surface area contributed by atoms with Gasteiger partial charge in [-0.15, -0.1) is 0 Å². The molecule has 0 radical (unpaired) electrons. The Morgan fingerprint density at radius 3 is 2.58 bits per heavy atom. The van der Waals surface area contributed by atoms with E-state index in [-0.39, 0.29) is 18.0 Å². The van der Waals surface area contributed by atoms with Crippen LogP contribution in [-0.4, -0.2) is 26.5 Å². The predicted octanol–water partition coefficient (Wildman–Crippen LogP) is 2.87. The number of ether oxygens (including phenoxy) is 1. The molecule has 0 fully saturated rings. The van der Waals surface area contributed by atoms with Crippen LogP contribution in [0.25, 0.3) is 16.6 Å². The summed E-state index contributed by atoms with van der Waals surface area (Å²) in [5, 5.41) is 0.804. The van der Waals surface area contributed by atoms with Gasteiger partial charge in [-0.3, -0.25) is 4.57 Å². The van der Waals surface area contributed by atoms with Crippen molar-refractivity contribution in [2.45, 2.75) is 13.5 Å². The first-order chi connectivity index (χ1) is 12.7. The molecule has 4 rings (SSSR count). The molecule has 130 valence electrons. The molecule has 0 unspecified atom stereocenters. The molecule has 0 saturated heterocycles. The molecule has 0 N–H and O–H groups in total. The third-order valence-electron chi connectivity index (χ3n) is 4.25. The molecule has 4 aromatic rings. The number of benzene rings is 2. The van der Waals surface area contributed by atoms with E-state index in [1.807, 2.05) is 54.6 Å². The van der Waals surface area contributed by atoms with E-state index >= 15 is 0 Å². The molecule has 0 amide bonds. The summed E-state index contributed by atoms with van der Waals surface area (Å²) < 4.78 is 8.11. The molecule has 2 heterocycles. The highest BCUT2D eigenvalue weighted by atomic mass is 16.5. The van der Waals surface area contributed by atoms with Crippen LogP contribution in [0, 0.1) is 0 Å². The highest BCUT2D eigenvalue weighted by Gasteiger charge is 2.17. The topological polar surface area (TPSA) is 65.6 Å². The summed E-state index contributed by atoms with van der Waals surface area (Å²) >= 11 is 0. The number of imidazole rings is 1. The van der Waals surface area contributed by atoms with Crippen LogP contribution in [-0.2, 0) is 11.3 Å². The zero-order valence-corrected chi connectivity index (χ0v) is 14.3. The fourth-order valence-corrected chi connectivity index (χ4v) is 3.07. The van der Waals surface area contributed by atoms with E-state index in [1.165, 1.54) is 10.6 Å². The van der Waals surface area contributed by atoms with Gasteiger partial charge < -0.3 is 4.74 Å². The maximum absolute atomic E-state index is 13.1. The van der Waals surface area contributed by atoms with Crippen molar-refractivity contribution in [1.29, 1.82) is 0 Å². The number of carbonyl (C=O) groups excluding carboxylic acids is 1. The number of rotatable bonds is 4. The molecule has 2 aromatic heterocycles. The van der Waals surface area contributed by atoms with Gasteiger partial charge in [0.05, 0.1) is 18.7 Å². The number of nitrogens with zero attached hydrogens (tertiary/aromatic N) is 3. The first-order valence-electron chi connectivity index (χ1n) is 8.40. The second-order valence-electron chi connectivity index (χ2n) is 5.91. The van der Waals surface area contributed by atoms with Gasteiger partial charge in [-0.2, -0.15) is 0 Å². The van der Waals surface area contributed by atoms with Gasteiger partial charge in [-0.05, 0) is 24.6 Å². The van der Waals surface area contributed by atoms with Gasteiger partial charge in [0.2, 0.25) is 0 Å².